The van der Waals surface area contributed by atoms with Gasteiger partial charge in [0.1, 0.15) is 19.9 Å². The highest BCUT2D eigenvalue weighted by Crippen LogP contribution is 2.36. The number of amides is 2. The standard InChI is InChI=1S/C24H47N6O6P.CH4O/c1-18(31)14-34-15-22(32)29-17-36-37(4)16-24(2,3)35-10-9-30(27)13-21(26)12-28-23(33)20-7-5-19(11-25)6-8-20;1-2/h13,19-20H,5-12,14-17,25-27H2,1-4H3,(H,28,33)(H,29,32);2H,1H3/b21-13-;. The summed E-state index contributed by atoms with van der Waals surface area (Å²) in [6.45, 7) is 8.78. The fourth-order valence-corrected chi connectivity index (χ4v) is 5.47. The second-order valence-electron chi connectivity index (χ2n) is 10.1. The molecule has 13 nitrogen and oxygen atoms in total. The molecule has 0 aromatic rings. The molecule has 1 fully saturated rings. The van der Waals surface area contributed by atoms with E-state index in [2.05, 4.69) is 10.6 Å². The van der Waals surface area contributed by atoms with E-state index in [0.717, 1.165) is 32.8 Å². The number of hydrogen-bond donors (Lipinski definition) is 6. The number of carbonyl (C=O) groups excluding carboxylic acids is 3. The van der Waals surface area contributed by atoms with Crippen molar-refractivity contribution in [2.24, 2.45) is 29.1 Å². The molecule has 0 aliphatic heterocycles. The molecular formula is C25H51N6O7P. The molecule has 0 bridgehead atoms. The molecule has 228 valence electrons. The van der Waals surface area contributed by atoms with Crippen LogP contribution in [0, 0.1) is 11.8 Å². The van der Waals surface area contributed by atoms with Gasteiger partial charge in [0.25, 0.3) is 0 Å². The number of ketones is 1. The van der Waals surface area contributed by atoms with Gasteiger partial charge in [0.15, 0.2) is 5.78 Å². The smallest absolute Gasteiger partial charge is 0.247 e. The lowest BCUT2D eigenvalue weighted by atomic mass is 9.81. The number of carbonyl (C=O) groups is 3. The summed E-state index contributed by atoms with van der Waals surface area (Å²) in [5.74, 6) is 6.11. The van der Waals surface area contributed by atoms with Crippen molar-refractivity contribution in [3.05, 3.63) is 11.9 Å². The molecule has 0 radical (unpaired) electrons. The van der Waals surface area contributed by atoms with Crippen molar-refractivity contribution in [2.45, 2.75) is 52.1 Å². The van der Waals surface area contributed by atoms with Crippen LogP contribution in [0.3, 0.4) is 0 Å². The number of aliphatic hydroxyl groups excluding tert-OH is 1. The average Bonchev–Trinajstić information content (AvgIpc) is 2.87. The van der Waals surface area contributed by atoms with Crippen LogP contribution < -0.4 is 27.9 Å². The van der Waals surface area contributed by atoms with Gasteiger partial charge >= 0.3 is 0 Å². The van der Waals surface area contributed by atoms with Crippen LogP contribution in [0.1, 0.15) is 46.5 Å². The summed E-state index contributed by atoms with van der Waals surface area (Å²) in [6.07, 6.45) is 5.97. The molecule has 1 unspecified atom stereocenters. The highest BCUT2D eigenvalue weighted by atomic mass is 31.1. The zero-order valence-corrected chi connectivity index (χ0v) is 25.1. The van der Waals surface area contributed by atoms with Gasteiger partial charge in [0.05, 0.1) is 25.3 Å². The van der Waals surface area contributed by atoms with Crippen LogP contribution in [0.4, 0.5) is 0 Å². The Morgan fingerprint density at radius 2 is 1.77 bits per heavy atom. The van der Waals surface area contributed by atoms with E-state index in [0.29, 0.717) is 37.5 Å². The van der Waals surface area contributed by atoms with E-state index >= 15 is 0 Å². The number of ether oxygens (including phenoxy) is 2. The van der Waals surface area contributed by atoms with Crippen LogP contribution in [0.25, 0.3) is 0 Å². The Balaban J connectivity index is 0.00000704. The van der Waals surface area contributed by atoms with Crippen molar-refractivity contribution in [3.63, 3.8) is 0 Å². The van der Waals surface area contributed by atoms with Gasteiger partial charge in [-0.05, 0) is 65.6 Å². The molecule has 0 heterocycles. The van der Waals surface area contributed by atoms with Crippen molar-refractivity contribution >= 4 is 25.7 Å². The van der Waals surface area contributed by atoms with Crippen molar-refractivity contribution in [2.75, 3.05) is 66.1 Å². The highest BCUT2D eigenvalue weighted by Gasteiger charge is 2.25. The number of hydrazine groups is 1. The van der Waals surface area contributed by atoms with Crippen LogP contribution in [-0.4, -0.2) is 99.4 Å². The highest BCUT2D eigenvalue weighted by molar-refractivity contribution is 7.51. The quantitative estimate of drug-likeness (QED) is 0.0551. The summed E-state index contributed by atoms with van der Waals surface area (Å²) in [5, 5.41) is 13.9. The lowest BCUT2D eigenvalue weighted by Crippen LogP contribution is -2.38. The van der Waals surface area contributed by atoms with Gasteiger partial charge in [0, 0.05) is 39.2 Å². The van der Waals surface area contributed by atoms with Crippen molar-refractivity contribution in [1.29, 1.82) is 0 Å². The average molecular weight is 579 g/mol. The summed E-state index contributed by atoms with van der Waals surface area (Å²) in [7, 11) is 0.153. The normalized spacial score (nSPS) is 18.4. The molecular weight excluding hydrogens is 527 g/mol. The van der Waals surface area contributed by atoms with Gasteiger partial charge in [-0.15, -0.1) is 0 Å². The van der Waals surface area contributed by atoms with E-state index in [4.69, 9.17) is 36.4 Å². The summed E-state index contributed by atoms with van der Waals surface area (Å²) >= 11 is 0. The van der Waals surface area contributed by atoms with Gasteiger partial charge in [0.2, 0.25) is 11.8 Å². The van der Waals surface area contributed by atoms with Gasteiger partial charge in [-0.3, -0.25) is 14.4 Å². The van der Waals surface area contributed by atoms with Crippen LogP contribution in [-0.2, 0) is 28.4 Å². The maximum Gasteiger partial charge on any atom is 0.247 e. The third-order valence-corrected chi connectivity index (χ3v) is 7.66. The lowest BCUT2D eigenvalue weighted by Gasteiger charge is -2.29. The van der Waals surface area contributed by atoms with Crippen LogP contribution in [0.5, 0.6) is 0 Å². The Bertz CT molecular complexity index is 748. The van der Waals surface area contributed by atoms with Crippen molar-refractivity contribution in [1.82, 2.24) is 15.6 Å². The number of nitrogens with one attached hydrogen (secondary N) is 2. The first-order valence-corrected chi connectivity index (χ1v) is 15.0. The van der Waals surface area contributed by atoms with Gasteiger partial charge in [-0.2, -0.15) is 0 Å². The molecule has 39 heavy (non-hydrogen) atoms. The second-order valence-corrected chi connectivity index (χ2v) is 11.9. The maximum atomic E-state index is 12.4. The summed E-state index contributed by atoms with van der Waals surface area (Å²) < 4.78 is 16.6. The predicted octanol–water partition coefficient (Wildman–Crippen LogP) is -0.0302. The molecule has 0 saturated heterocycles. The van der Waals surface area contributed by atoms with Crippen LogP contribution >= 0.6 is 8.15 Å². The maximum absolute atomic E-state index is 12.4. The summed E-state index contributed by atoms with van der Waals surface area (Å²) in [4.78, 5) is 34.8. The Kier molecular flexibility index (Phi) is 20.0. The first kappa shape index (κ1) is 37.1. The van der Waals surface area contributed by atoms with Gasteiger partial charge < -0.3 is 46.2 Å². The number of rotatable bonds is 18. The number of hydrogen-bond acceptors (Lipinski definition) is 11. The first-order valence-electron chi connectivity index (χ1n) is 13.1. The Labute approximate surface area is 234 Å². The molecule has 0 aromatic heterocycles. The fourth-order valence-electron chi connectivity index (χ4n) is 3.93. The number of nitrogens with zero attached hydrogens (tertiary/aromatic N) is 1. The zero-order valence-electron chi connectivity index (χ0n) is 24.2. The fraction of sp³-hybridized carbons (Fsp3) is 0.800. The molecule has 1 aliphatic rings. The van der Waals surface area contributed by atoms with Gasteiger partial charge in [-0.1, -0.05) is 0 Å². The number of Topliss-reactive ketones (excluding diaryl/α,β-unsaturated/α-hetero) is 1. The third-order valence-electron chi connectivity index (χ3n) is 5.89. The Hall–Kier alpha value is -1.86. The SMILES string of the molecule is CC(=O)COCC(=O)NCOP(C)CC(C)(C)OCCN(N)/C=C(\N)CNC(=O)C1CCC(CN)CC1.CO. The summed E-state index contributed by atoms with van der Waals surface area (Å²) in [5.41, 5.74) is 11.8. The molecule has 1 saturated carbocycles. The van der Waals surface area contributed by atoms with E-state index in [1.54, 1.807) is 6.20 Å². The van der Waals surface area contributed by atoms with Crippen molar-refractivity contribution in [3.8, 4) is 0 Å². The minimum Gasteiger partial charge on any atom is -0.400 e. The Morgan fingerprint density at radius 1 is 1.13 bits per heavy atom. The molecule has 1 atom stereocenters. The molecule has 0 spiro atoms. The van der Waals surface area contributed by atoms with E-state index in [9.17, 15) is 14.4 Å². The third kappa shape index (κ3) is 19.0. The summed E-state index contributed by atoms with van der Waals surface area (Å²) in [6, 6.07) is 0. The topological polar surface area (TPSA) is 204 Å². The largest absolute Gasteiger partial charge is 0.400 e. The molecule has 9 N–H and O–H groups in total. The molecule has 0 aromatic carbocycles. The van der Waals surface area contributed by atoms with Crippen LogP contribution in [0.15, 0.2) is 11.9 Å². The number of aliphatic hydroxyl groups is 1. The minimum atomic E-state index is -0.847. The lowest BCUT2D eigenvalue weighted by molar-refractivity contribution is -0.129. The first-order chi connectivity index (χ1) is 18.4. The van der Waals surface area contributed by atoms with Crippen molar-refractivity contribution < 1.29 is 33.5 Å². The zero-order chi connectivity index (χ0) is 29.8. The molecule has 1 rings (SSSR count). The molecule has 14 heteroatoms. The minimum absolute atomic E-state index is 0.0243. The van der Waals surface area contributed by atoms with E-state index in [-0.39, 0.29) is 50.0 Å². The van der Waals surface area contributed by atoms with Gasteiger partial charge in [-0.25, -0.2) is 5.84 Å². The Morgan fingerprint density at radius 3 is 2.36 bits per heavy atom. The predicted molar refractivity (Wildman–Crippen MR) is 152 cm³/mol. The molecule has 1 aliphatic carbocycles. The second kappa shape index (κ2) is 21.0. The molecule has 2 amide bonds. The van der Waals surface area contributed by atoms with E-state index in [1.165, 1.54) is 11.9 Å². The monoisotopic (exact) mass is 578 g/mol. The van der Waals surface area contributed by atoms with E-state index in [1.807, 2.05) is 20.5 Å². The number of nitrogens with two attached hydrogens (primary N) is 3. The van der Waals surface area contributed by atoms with Crippen LogP contribution in [0.2, 0.25) is 0 Å². The van der Waals surface area contributed by atoms with E-state index < -0.39 is 13.7 Å².